The van der Waals surface area contributed by atoms with Gasteiger partial charge in [-0.3, -0.25) is 0 Å². The van der Waals surface area contributed by atoms with Crippen molar-refractivity contribution in [3.05, 3.63) is 23.5 Å². The van der Waals surface area contributed by atoms with Crippen LogP contribution in [0.15, 0.2) is 17.0 Å². The summed E-state index contributed by atoms with van der Waals surface area (Å²) in [5.41, 5.74) is 0.568. The summed E-state index contributed by atoms with van der Waals surface area (Å²) in [5, 5.41) is 9.10. The summed E-state index contributed by atoms with van der Waals surface area (Å²) in [6, 6.07) is 4.76. The Labute approximate surface area is 137 Å². The van der Waals surface area contributed by atoms with Crippen molar-refractivity contribution in [2.24, 2.45) is 5.92 Å². The minimum atomic E-state index is -4.18. The van der Waals surface area contributed by atoms with Gasteiger partial charge in [-0.25, -0.2) is 4.39 Å². The molecule has 1 saturated heterocycles. The SMILES string of the molecule is CCCSc1cc(N2CCC(C(F)(F)F)CC2)c(F)cc1C#N. The van der Waals surface area contributed by atoms with Gasteiger partial charge < -0.3 is 4.90 Å². The third-order valence-corrected chi connectivity index (χ3v) is 5.19. The highest BCUT2D eigenvalue weighted by atomic mass is 32.2. The monoisotopic (exact) mass is 346 g/mol. The number of hydrogen-bond acceptors (Lipinski definition) is 3. The number of piperidine rings is 1. The number of nitrogens with zero attached hydrogens (tertiary/aromatic N) is 2. The molecular formula is C16H18F4N2S. The van der Waals surface area contributed by atoms with Crippen molar-refractivity contribution in [2.75, 3.05) is 23.7 Å². The van der Waals surface area contributed by atoms with Gasteiger partial charge in [-0.05, 0) is 37.1 Å². The van der Waals surface area contributed by atoms with Crippen LogP contribution in [0.1, 0.15) is 31.7 Å². The molecule has 0 atom stereocenters. The van der Waals surface area contributed by atoms with Crippen molar-refractivity contribution in [1.29, 1.82) is 5.26 Å². The van der Waals surface area contributed by atoms with Crippen molar-refractivity contribution < 1.29 is 17.6 Å². The second kappa shape index (κ2) is 7.43. The van der Waals surface area contributed by atoms with Crippen molar-refractivity contribution in [2.45, 2.75) is 37.3 Å². The van der Waals surface area contributed by atoms with Gasteiger partial charge in [0.15, 0.2) is 0 Å². The average Bonchev–Trinajstić information content (AvgIpc) is 2.52. The molecule has 1 aliphatic rings. The maximum Gasteiger partial charge on any atom is 0.391 e. The quantitative estimate of drug-likeness (QED) is 0.568. The summed E-state index contributed by atoms with van der Waals surface area (Å²) in [6.07, 6.45) is -3.32. The summed E-state index contributed by atoms with van der Waals surface area (Å²) >= 11 is 1.47. The Morgan fingerprint density at radius 2 is 1.96 bits per heavy atom. The largest absolute Gasteiger partial charge is 0.391 e. The van der Waals surface area contributed by atoms with E-state index in [-0.39, 0.29) is 31.5 Å². The van der Waals surface area contributed by atoms with Crippen LogP contribution in [0.4, 0.5) is 23.2 Å². The van der Waals surface area contributed by atoms with Gasteiger partial charge >= 0.3 is 6.18 Å². The fourth-order valence-electron chi connectivity index (χ4n) is 2.65. The third kappa shape index (κ3) is 4.31. The maximum atomic E-state index is 14.2. The molecule has 2 rings (SSSR count). The number of benzene rings is 1. The third-order valence-electron chi connectivity index (χ3n) is 3.93. The molecule has 0 bridgehead atoms. The summed E-state index contributed by atoms with van der Waals surface area (Å²) in [4.78, 5) is 2.33. The van der Waals surface area contributed by atoms with Gasteiger partial charge in [-0.2, -0.15) is 18.4 Å². The Hall–Kier alpha value is -1.42. The van der Waals surface area contributed by atoms with Crippen LogP contribution in [0.2, 0.25) is 0 Å². The van der Waals surface area contributed by atoms with E-state index < -0.39 is 17.9 Å². The molecular weight excluding hydrogens is 328 g/mol. The van der Waals surface area contributed by atoms with E-state index in [0.717, 1.165) is 12.2 Å². The van der Waals surface area contributed by atoms with E-state index in [0.29, 0.717) is 10.6 Å². The molecule has 7 heteroatoms. The predicted octanol–water partition coefficient (Wildman–Crippen LogP) is 4.98. The number of nitriles is 1. The lowest BCUT2D eigenvalue weighted by Crippen LogP contribution is -2.39. The normalized spacial score (nSPS) is 16.4. The first-order chi connectivity index (χ1) is 10.9. The molecule has 0 amide bonds. The average molecular weight is 346 g/mol. The molecule has 2 nitrogen and oxygen atoms in total. The fourth-order valence-corrected chi connectivity index (χ4v) is 3.53. The van der Waals surface area contributed by atoms with Crippen molar-refractivity contribution in [3.63, 3.8) is 0 Å². The molecule has 23 heavy (non-hydrogen) atoms. The molecule has 0 aliphatic carbocycles. The molecule has 0 spiro atoms. The molecule has 1 aliphatic heterocycles. The van der Waals surface area contributed by atoms with E-state index in [1.165, 1.54) is 17.8 Å². The first kappa shape index (κ1) is 17.9. The second-order valence-electron chi connectivity index (χ2n) is 5.56. The standard InChI is InChI=1S/C16H18F4N2S/c1-2-7-23-15-9-14(13(17)8-11(15)10-21)22-5-3-12(4-6-22)16(18,19)20/h8-9,12H,2-7H2,1H3. The van der Waals surface area contributed by atoms with Crippen molar-refractivity contribution in [1.82, 2.24) is 0 Å². The minimum Gasteiger partial charge on any atom is -0.369 e. The van der Waals surface area contributed by atoms with Crippen LogP contribution < -0.4 is 4.90 Å². The van der Waals surface area contributed by atoms with Crippen LogP contribution in [-0.2, 0) is 0 Å². The van der Waals surface area contributed by atoms with E-state index in [1.54, 1.807) is 11.0 Å². The molecule has 1 heterocycles. The van der Waals surface area contributed by atoms with Crippen molar-refractivity contribution in [3.8, 4) is 6.07 Å². The van der Waals surface area contributed by atoms with E-state index in [9.17, 15) is 17.6 Å². The summed E-state index contributed by atoms with van der Waals surface area (Å²) in [5.74, 6) is -1.06. The molecule has 0 radical (unpaired) electrons. The van der Waals surface area contributed by atoms with Crippen LogP contribution >= 0.6 is 11.8 Å². The lowest BCUT2D eigenvalue weighted by molar-refractivity contribution is -0.179. The highest BCUT2D eigenvalue weighted by Crippen LogP contribution is 2.37. The molecule has 0 unspecified atom stereocenters. The molecule has 0 N–H and O–H groups in total. The fraction of sp³-hybridized carbons (Fsp3) is 0.562. The highest BCUT2D eigenvalue weighted by molar-refractivity contribution is 7.99. The topological polar surface area (TPSA) is 27.0 Å². The number of alkyl halides is 3. The van der Waals surface area contributed by atoms with Gasteiger partial charge in [-0.1, -0.05) is 6.92 Å². The Morgan fingerprint density at radius 1 is 1.30 bits per heavy atom. The van der Waals surface area contributed by atoms with Crippen molar-refractivity contribution >= 4 is 17.4 Å². The summed E-state index contributed by atoms with van der Waals surface area (Å²) in [7, 11) is 0. The number of halogens is 4. The van der Waals surface area contributed by atoms with E-state index in [4.69, 9.17) is 5.26 Å². The summed E-state index contributed by atoms with van der Waals surface area (Å²) in [6.45, 7) is 2.35. The minimum absolute atomic E-state index is 0.0274. The van der Waals surface area contributed by atoms with Gasteiger partial charge in [-0.15, -0.1) is 11.8 Å². The Kier molecular flexibility index (Phi) is 5.79. The number of hydrogen-bond donors (Lipinski definition) is 0. The van der Waals surface area contributed by atoms with E-state index >= 15 is 0 Å². The summed E-state index contributed by atoms with van der Waals surface area (Å²) < 4.78 is 52.4. The first-order valence-corrected chi connectivity index (χ1v) is 8.53. The second-order valence-corrected chi connectivity index (χ2v) is 6.70. The van der Waals surface area contributed by atoms with Crippen LogP contribution in [0, 0.1) is 23.1 Å². The zero-order valence-corrected chi connectivity index (χ0v) is 13.6. The molecule has 1 aromatic rings. The first-order valence-electron chi connectivity index (χ1n) is 7.55. The maximum absolute atomic E-state index is 14.2. The van der Waals surface area contributed by atoms with Crippen LogP contribution in [-0.4, -0.2) is 25.0 Å². The smallest absolute Gasteiger partial charge is 0.369 e. The van der Waals surface area contributed by atoms with Gasteiger partial charge in [0.25, 0.3) is 0 Å². The van der Waals surface area contributed by atoms with E-state index in [2.05, 4.69) is 0 Å². The zero-order chi connectivity index (χ0) is 17.0. The van der Waals surface area contributed by atoms with E-state index in [1.807, 2.05) is 13.0 Å². The highest BCUT2D eigenvalue weighted by Gasteiger charge is 2.41. The molecule has 1 fully saturated rings. The van der Waals surface area contributed by atoms with Crippen LogP contribution in [0.25, 0.3) is 0 Å². The van der Waals surface area contributed by atoms with Gasteiger partial charge in [0.05, 0.1) is 17.2 Å². The lowest BCUT2D eigenvalue weighted by Gasteiger charge is -2.34. The molecule has 1 aromatic carbocycles. The lowest BCUT2D eigenvalue weighted by atomic mass is 9.96. The van der Waals surface area contributed by atoms with Gasteiger partial charge in [0.1, 0.15) is 11.9 Å². The van der Waals surface area contributed by atoms with Crippen LogP contribution in [0.5, 0.6) is 0 Å². The molecule has 126 valence electrons. The van der Waals surface area contributed by atoms with Gasteiger partial charge in [0, 0.05) is 18.0 Å². The predicted molar refractivity (Wildman–Crippen MR) is 83.1 cm³/mol. The van der Waals surface area contributed by atoms with Gasteiger partial charge in [0.2, 0.25) is 0 Å². The number of anilines is 1. The zero-order valence-electron chi connectivity index (χ0n) is 12.8. The Bertz CT molecular complexity index is 587. The molecule has 0 aromatic heterocycles. The number of rotatable bonds is 4. The molecule has 0 saturated carbocycles. The Morgan fingerprint density at radius 3 is 2.48 bits per heavy atom. The van der Waals surface area contributed by atoms with Crippen LogP contribution in [0.3, 0.4) is 0 Å². The number of thioether (sulfide) groups is 1. The Balaban J connectivity index is 2.18.